The lowest BCUT2D eigenvalue weighted by atomic mass is 10.0. The molecule has 0 saturated heterocycles. The van der Waals surface area contributed by atoms with Crippen molar-refractivity contribution in [1.29, 1.82) is 0 Å². The van der Waals surface area contributed by atoms with Gasteiger partial charge in [0.25, 0.3) is 5.56 Å². The summed E-state index contributed by atoms with van der Waals surface area (Å²) in [6.45, 7) is 1.38. The average molecular weight is 431 g/mol. The van der Waals surface area contributed by atoms with Crippen LogP contribution in [-0.4, -0.2) is 31.3 Å². The van der Waals surface area contributed by atoms with Crippen molar-refractivity contribution in [2.45, 2.75) is 19.4 Å². The van der Waals surface area contributed by atoms with E-state index < -0.39 is 17.1 Å². The first-order valence-electron chi connectivity index (χ1n) is 8.62. The van der Waals surface area contributed by atoms with Gasteiger partial charge in [-0.1, -0.05) is 17.7 Å². The molecule has 0 saturated carbocycles. The van der Waals surface area contributed by atoms with Crippen LogP contribution in [0.4, 0.5) is 0 Å². The third-order valence-electron chi connectivity index (χ3n) is 4.56. The van der Waals surface area contributed by atoms with E-state index in [1.54, 1.807) is 24.3 Å². The van der Waals surface area contributed by atoms with Crippen LogP contribution in [0.2, 0.25) is 5.02 Å². The lowest BCUT2D eigenvalue weighted by molar-refractivity contribution is -0.130. The summed E-state index contributed by atoms with van der Waals surface area (Å²) in [6.07, 6.45) is 0.232. The first-order valence-corrected chi connectivity index (χ1v) is 9.88. The van der Waals surface area contributed by atoms with Crippen LogP contribution in [0.5, 0.6) is 5.88 Å². The van der Waals surface area contributed by atoms with Crippen molar-refractivity contribution < 1.29 is 9.90 Å². The molecule has 1 aliphatic rings. The molecule has 10 heteroatoms. The highest BCUT2D eigenvalue weighted by molar-refractivity contribution is 7.10. The van der Waals surface area contributed by atoms with Crippen molar-refractivity contribution in [2.24, 2.45) is 5.10 Å². The Morgan fingerprint density at radius 1 is 1.28 bits per heavy atom. The van der Waals surface area contributed by atoms with Crippen LogP contribution >= 0.6 is 22.9 Å². The molecule has 0 fully saturated rings. The van der Waals surface area contributed by atoms with Crippen LogP contribution < -0.4 is 11.2 Å². The number of thiophene rings is 1. The van der Waals surface area contributed by atoms with Crippen LogP contribution in [0.1, 0.15) is 29.8 Å². The van der Waals surface area contributed by atoms with Crippen LogP contribution in [0.3, 0.4) is 0 Å². The summed E-state index contributed by atoms with van der Waals surface area (Å²) in [5.74, 6) is -0.838. The SMILES string of the molecule is CC(=O)N1N=C(c2c(O)n(-c3ccc(Cl)cc3)c(=O)[nH]c2=O)CC1c1cccs1. The smallest absolute Gasteiger partial charge is 0.335 e. The van der Waals surface area contributed by atoms with Gasteiger partial charge < -0.3 is 5.11 Å². The molecule has 29 heavy (non-hydrogen) atoms. The zero-order valence-electron chi connectivity index (χ0n) is 15.1. The molecular formula is C19H15ClN4O4S. The number of aromatic nitrogens is 2. The normalized spacial score (nSPS) is 16.1. The van der Waals surface area contributed by atoms with E-state index in [9.17, 15) is 19.5 Å². The van der Waals surface area contributed by atoms with Gasteiger partial charge in [0, 0.05) is 23.2 Å². The Balaban J connectivity index is 1.85. The molecule has 1 amide bonds. The Labute approximate surface area is 173 Å². The van der Waals surface area contributed by atoms with Crippen LogP contribution in [0.15, 0.2) is 56.5 Å². The topological polar surface area (TPSA) is 108 Å². The van der Waals surface area contributed by atoms with Gasteiger partial charge >= 0.3 is 5.69 Å². The maximum absolute atomic E-state index is 12.5. The van der Waals surface area contributed by atoms with Crippen LogP contribution in [0, 0.1) is 0 Å². The number of hydrogen-bond acceptors (Lipinski definition) is 6. The second-order valence-electron chi connectivity index (χ2n) is 6.42. The molecule has 1 unspecified atom stereocenters. The van der Waals surface area contributed by atoms with Crippen molar-refractivity contribution in [3.63, 3.8) is 0 Å². The van der Waals surface area contributed by atoms with E-state index >= 15 is 0 Å². The number of aromatic hydroxyl groups is 1. The second-order valence-corrected chi connectivity index (χ2v) is 7.83. The number of benzene rings is 1. The highest BCUT2D eigenvalue weighted by Crippen LogP contribution is 2.35. The van der Waals surface area contributed by atoms with Gasteiger partial charge in [-0.05, 0) is 35.7 Å². The van der Waals surface area contributed by atoms with E-state index in [2.05, 4.69) is 10.1 Å². The van der Waals surface area contributed by atoms with E-state index in [0.717, 1.165) is 9.44 Å². The maximum atomic E-state index is 12.5. The molecule has 1 atom stereocenters. The zero-order chi connectivity index (χ0) is 20.7. The molecule has 1 aromatic carbocycles. The van der Waals surface area contributed by atoms with Crippen molar-refractivity contribution in [1.82, 2.24) is 14.6 Å². The van der Waals surface area contributed by atoms with Crippen molar-refractivity contribution in [2.75, 3.05) is 0 Å². The molecular weight excluding hydrogens is 416 g/mol. The van der Waals surface area contributed by atoms with Crippen molar-refractivity contribution in [3.05, 3.63) is 78.1 Å². The van der Waals surface area contributed by atoms with Gasteiger partial charge in [-0.2, -0.15) is 5.10 Å². The number of aromatic amines is 1. The number of hydrogen-bond donors (Lipinski definition) is 2. The van der Waals surface area contributed by atoms with Gasteiger partial charge in [0.05, 0.1) is 17.4 Å². The Kier molecular flexibility index (Phi) is 4.85. The number of hydrazone groups is 1. The maximum Gasteiger partial charge on any atom is 0.335 e. The summed E-state index contributed by atoms with van der Waals surface area (Å²) in [7, 11) is 0. The number of H-pyrrole nitrogens is 1. The summed E-state index contributed by atoms with van der Waals surface area (Å²) in [6, 6.07) is 9.56. The summed E-state index contributed by atoms with van der Waals surface area (Å²) in [4.78, 5) is 40.1. The fourth-order valence-corrected chi connectivity index (χ4v) is 4.21. The molecule has 1 aliphatic heterocycles. The highest BCUT2D eigenvalue weighted by atomic mass is 35.5. The molecule has 0 spiro atoms. The third-order valence-corrected chi connectivity index (χ3v) is 5.79. The number of rotatable bonds is 3. The molecule has 8 nitrogen and oxygen atoms in total. The minimum absolute atomic E-state index is 0.148. The lowest BCUT2D eigenvalue weighted by Gasteiger charge is -2.18. The molecule has 0 bridgehead atoms. The Morgan fingerprint density at radius 3 is 2.62 bits per heavy atom. The fourth-order valence-electron chi connectivity index (χ4n) is 3.27. The molecule has 2 aromatic heterocycles. The molecule has 4 rings (SSSR count). The van der Waals surface area contributed by atoms with E-state index in [0.29, 0.717) is 10.7 Å². The Hall–Kier alpha value is -3.17. The number of halogens is 1. The van der Waals surface area contributed by atoms with Crippen molar-refractivity contribution >= 4 is 34.6 Å². The van der Waals surface area contributed by atoms with Gasteiger partial charge in [-0.3, -0.25) is 14.6 Å². The number of carbonyl (C=O) groups is 1. The zero-order valence-corrected chi connectivity index (χ0v) is 16.7. The van der Waals surface area contributed by atoms with E-state index in [4.69, 9.17) is 11.6 Å². The summed E-state index contributed by atoms with van der Waals surface area (Å²) < 4.78 is 0.964. The quantitative estimate of drug-likeness (QED) is 0.665. The van der Waals surface area contributed by atoms with E-state index in [-0.39, 0.29) is 29.6 Å². The number of nitrogens with one attached hydrogen (secondary N) is 1. The van der Waals surface area contributed by atoms with E-state index in [1.165, 1.54) is 23.3 Å². The summed E-state index contributed by atoms with van der Waals surface area (Å²) in [5.41, 5.74) is -1.17. The Bertz CT molecular complexity index is 1230. The minimum Gasteiger partial charge on any atom is -0.493 e. The molecule has 3 heterocycles. The summed E-state index contributed by atoms with van der Waals surface area (Å²) in [5, 5.41) is 18.7. The largest absolute Gasteiger partial charge is 0.493 e. The predicted molar refractivity (Wildman–Crippen MR) is 110 cm³/mol. The average Bonchev–Trinajstić information content (AvgIpc) is 3.32. The monoisotopic (exact) mass is 430 g/mol. The molecule has 2 N–H and O–H groups in total. The highest BCUT2D eigenvalue weighted by Gasteiger charge is 2.35. The number of amides is 1. The van der Waals surface area contributed by atoms with Crippen LogP contribution in [0.25, 0.3) is 5.69 Å². The Morgan fingerprint density at radius 2 is 2.00 bits per heavy atom. The lowest BCUT2D eigenvalue weighted by Crippen LogP contribution is -2.33. The molecule has 3 aromatic rings. The molecule has 148 valence electrons. The van der Waals surface area contributed by atoms with Gasteiger partial charge in [0.15, 0.2) is 0 Å². The van der Waals surface area contributed by atoms with Crippen molar-refractivity contribution in [3.8, 4) is 11.6 Å². The molecule has 0 aliphatic carbocycles. The first kappa shape index (κ1) is 19.2. The van der Waals surface area contributed by atoms with Gasteiger partial charge in [0.1, 0.15) is 5.56 Å². The van der Waals surface area contributed by atoms with Gasteiger partial charge in [-0.25, -0.2) is 14.4 Å². The minimum atomic E-state index is -0.796. The third kappa shape index (κ3) is 3.39. The first-order chi connectivity index (χ1) is 13.9. The molecule has 0 radical (unpaired) electrons. The second kappa shape index (κ2) is 7.34. The standard InChI is InChI=1S/C19H15ClN4O4S/c1-10(25)24-14(15-3-2-8-29-15)9-13(22-24)16-17(26)21-19(28)23(18(16)27)12-6-4-11(20)5-7-12/h2-8,14,27H,9H2,1H3,(H,21,26,28). The van der Waals surface area contributed by atoms with Crippen LogP contribution in [-0.2, 0) is 4.79 Å². The fraction of sp³-hybridized carbons (Fsp3) is 0.158. The number of nitrogens with zero attached hydrogens (tertiary/aromatic N) is 3. The van der Waals surface area contributed by atoms with E-state index in [1.807, 2.05) is 17.5 Å². The summed E-state index contributed by atoms with van der Waals surface area (Å²) >= 11 is 7.35. The predicted octanol–water partition coefficient (Wildman–Crippen LogP) is 2.64. The van der Waals surface area contributed by atoms with Gasteiger partial charge in [0.2, 0.25) is 11.8 Å². The van der Waals surface area contributed by atoms with Gasteiger partial charge in [-0.15, -0.1) is 11.3 Å². The number of carbonyl (C=O) groups excluding carboxylic acids is 1.